The number of methoxy groups -OCH3 is 2. The van der Waals surface area contributed by atoms with E-state index in [1.54, 1.807) is 12.1 Å². The molecular weight excluding hydrogens is 510 g/mol. The van der Waals surface area contributed by atoms with Gasteiger partial charge in [0.15, 0.2) is 0 Å². The van der Waals surface area contributed by atoms with Crippen LogP contribution in [0.25, 0.3) is 12.2 Å². The maximum absolute atomic E-state index is 12.7. The third kappa shape index (κ3) is 5.50. The van der Waals surface area contributed by atoms with Crippen molar-refractivity contribution in [2.24, 2.45) is 0 Å². The molecule has 2 heterocycles. The van der Waals surface area contributed by atoms with Gasteiger partial charge in [0.25, 0.3) is 0 Å². The fourth-order valence-electron chi connectivity index (χ4n) is 4.47. The molecule has 4 rings (SSSR count). The second-order valence-corrected chi connectivity index (χ2v) is 12.2. The van der Waals surface area contributed by atoms with E-state index in [4.69, 9.17) is 28.1 Å². The van der Waals surface area contributed by atoms with Gasteiger partial charge < -0.3 is 28.1 Å². The number of ether oxygens (including phenoxy) is 2. The smallest absolute Gasteiger partial charge is 0.465 e. The third-order valence-corrected chi connectivity index (χ3v) is 8.45. The van der Waals surface area contributed by atoms with Crippen LogP contribution in [0.5, 0.6) is 0 Å². The lowest BCUT2D eigenvalue weighted by molar-refractivity contribution is 0.00578. The van der Waals surface area contributed by atoms with E-state index < -0.39 is 48.6 Å². The second kappa shape index (κ2) is 10.5. The molecule has 0 aromatic heterocycles. The first-order valence-corrected chi connectivity index (χ1v) is 13.4. The van der Waals surface area contributed by atoms with Crippen molar-refractivity contribution >= 4 is 49.3 Å². The van der Waals surface area contributed by atoms with Crippen LogP contribution in [0.2, 0.25) is 0 Å². The molecule has 0 N–H and O–H groups in total. The SMILES string of the molecule is COC(=O)c1cc(/C=C/c2ccc(B3OC(C)(C)C(C)(C)O3)c(C(=O)OC)c2)ccc1B1OC(C)(C)C(C)(C)O1. The number of carbonyl (C=O) groups excluding carboxylic acids is 2. The molecule has 10 heteroatoms. The molecule has 0 bridgehead atoms. The molecule has 0 amide bonds. The van der Waals surface area contributed by atoms with Crippen LogP contribution in [0.4, 0.5) is 0 Å². The lowest BCUT2D eigenvalue weighted by Crippen LogP contribution is -2.41. The van der Waals surface area contributed by atoms with Crippen LogP contribution in [0.3, 0.4) is 0 Å². The lowest BCUT2D eigenvalue weighted by atomic mass is 9.75. The Hall–Kier alpha value is -2.91. The van der Waals surface area contributed by atoms with Crippen molar-refractivity contribution in [2.75, 3.05) is 14.2 Å². The average Bonchev–Trinajstić information content (AvgIpc) is 3.25. The van der Waals surface area contributed by atoms with Gasteiger partial charge in [-0.2, -0.15) is 0 Å². The summed E-state index contributed by atoms with van der Waals surface area (Å²) in [5.41, 5.74) is 1.24. The van der Waals surface area contributed by atoms with Crippen molar-refractivity contribution in [3.8, 4) is 0 Å². The molecule has 212 valence electrons. The molecule has 2 aromatic carbocycles. The summed E-state index contributed by atoms with van der Waals surface area (Å²) in [6.07, 6.45) is 3.70. The highest BCUT2D eigenvalue weighted by Crippen LogP contribution is 2.38. The predicted molar refractivity (Wildman–Crippen MR) is 156 cm³/mol. The second-order valence-electron chi connectivity index (χ2n) is 12.2. The van der Waals surface area contributed by atoms with Crippen LogP contribution in [-0.4, -0.2) is 62.8 Å². The van der Waals surface area contributed by atoms with Gasteiger partial charge in [-0.25, -0.2) is 9.59 Å². The van der Waals surface area contributed by atoms with Gasteiger partial charge in [-0.15, -0.1) is 0 Å². The molecule has 2 fully saturated rings. The van der Waals surface area contributed by atoms with Crippen LogP contribution in [0, 0.1) is 0 Å². The van der Waals surface area contributed by atoms with Crippen molar-refractivity contribution in [2.45, 2.75) is 77.8 Å². The molecule has 0 radical (unpaired) electrons. The quantitative estimate of drug-likeness (QED) is 0.304. The highest BCUT2D eigenvalue weighted by Gasteiger charge is 2.53. The first kappa shape index (κ1) is 30.1. The zero-order valence-electron chi connectivity index (χ0n) is 25.0. The van der Waals surface area contributed by atoms with Crippen molar-refractivity contribution < 1.29 is 37.7 Å². The van der Waals surface area contributed by atoms with Crippen molar-refractivity contribution in [3.05, 3.63) is 58.7 Å². The van der Waals surface area contributed by atoms with Gasteiger partial charge in [0.2, 0.25) is 0 Å². The summed E-state index contributed by atoms with van der Waals surface area (Å²) in [7, 11) is 1.27. The first-order chi connectivity index (χ1) is 18.5. The summed E-state index contributed by atoms with van der Waals surface area (Å²) in [6, 6.07) is 10.9. The van der Waals surface area contributed by atoms with Gasteiger partial charge in [-0.05, 0) is 89.6 Å². The van der Waals surface area contributed by atoms with E-state index in [-0.39, 0.29) is 0 Å². The lowest BCUT2D eigenvalue weighted by Gasteiger charge is -2.32. The highest BCUT2D eigenvalue weighted by molar-refractivity contribution is 6.64. The van der Waals surface area contributed by atoms with Gasteiger partial charge in [0, 0.05) is 0 Å². The van der Waals surface area contributed by atoms with E-state index in [9.17, 15) is 9.59 Å². The fourth-order valence-corrected chi connectivity index (χ4v) is 4.47. The summed E-state index contributed by atoms with van der Waals surface area (Å²) < 4.78 is 34.8. The number of hydrogen-bond donors (Lipinski definition) is 0. The third-order valence-electron chi connectivity index (χ3n) is 8.45. The normalized spacial score (nSPS) is 20.6. The van der Waals surface area contributed by atoms with E-state index >= 15 is 0 Å². The fraction of sp³-hybridized carbons (Fsp3) is 0.467. The number of esters is 2. The number of hydrogen-bond acceptors (Lipinski definition) is 8. The number of benzene rings is 2. The van der Waals surface area contributed by atoms with E-state index in [1.165, 1.54) is 14.2 Å². The molecule has 2 aliphatic heterocycles. The van der Waals surface area contributed by atoms with Crippen molar-refractivity contribution in [1.82, 2.24) is 0 Å². The molecule has 0 spiro atoms. The molecule has 0 unspecified atom stereocenters. The molecule has 2 aromatic rings. The summed E-state index contributed by atoms with van der Waals surface area (Å²) in [5.74, 6) is -0.973. The van der Waals surface area contributed by atoms with Crippen LogP contribution >= 0.6 is 0 Å². The Labute approximate surface area is 237 Å². The minimum absolute atomic E-state index is 0.356. The zero-order chi connectivity index (χ0) is 29.7. The first-order valence-electron chi connectivity index (χ1n) is 13.4. The number of rotatable bonds is 6. The Morgan fingerprint density at radius 1 is 0.600 bits per heavy atom. The Bertz CT molecular complexity index is 1210. The Balaban J connectivity index is 1.64. The summed E-state index contributed by atoms with van der Waals surface area (Å²) in [4.78, 5) is 25.4. The maximum Gasteiger partial charge on any atom is 0.495 e. The zero-order valence-corrected chi connectivity index (χ0v) is 25.0. The van der Waals surface area contributed by atoms with Crippen LogP contribution in [0.1, 0.15) is 87.2 Å². The average molecular weight is 548 g/mol. The molecule has 0 aliphatic carbocycles. The van der Waals surface area contributed by atoms with Gasteiger partial charge in [-0.3, -0.25) is 0 Å². The number of carbonyl (C=O) groups is 2. The van der Waals surface area contributed by atoms with Gasteiger partial charge in [0.05, 0.1) is 47.8 Å². The van der Waals surface area contributed by atoms with Crippen molar-refractivity contribution in [1.29, 1.82) is 0 Å². The van der Waals surface area contributed by atoms with E-state index in [2.05, 4.69) is 0 Å². The molecular formula is C30H38B2O8. The minimum atomic E-state index is -0.706. The minimum Gasteiger partial charge on any atom is -0.465 e. The molecule has 40 heavy (non-hydrogen) atoms. The molecule has 0 atom stereocenters. The maximum atomic E-state index is 12.7. The Morgan fingerprint density at radius 3 is 1.18 bits per heavy atom. The summed E-state index contributed by atoms with van der Waals surface area (Å²) in [6.45, 7) is 15.7. The summed E-state index contributed by atoms with van der Waals surface area (Å²) in [5, 5.41) is 0. The molecule has 2 saturated heterocycles. The molecule has 0 saturated carbocycles. The van der Waals surface area contributed by atoms with Crippen LogP contribution in [0.15, 0.2) is 36.4 Å². The van der Waals surface area contributed by atoms with E-state index in [0.717, 1.165) is 11.1 Å². The van der Waals surface area contributed by atoms with Crippen molar-refractivity contribution in [3.63, 3.8) is 0 Å². The van der Waals surface area contributed by atoms with E-state index in [1.807, 2.05) is 91.8 Å². The monoisotopic (exact) mass is 548 g/mol. The topological polar surface area (TPSA) is 89.5 Å². The van der Waals surface area contributed by atoms with Crippen LogP contribution in [-0.2, 0) is 28.1 Å². The molecule has 2 aliphatic rings. The van der Waals surface area contributed by atoms with Crippen LogP contribution < -0.4 is 10.9 Å². The largest absolute Gasteiger partial charge is 0.495 e. The Kier molecular flexibility index (Phi) is 7.88. The Morgan fingerprint density at radius 2 is 0.900 bits per heavy atom. The van der Waals surface area contributed by atoms with Gasteiger partial charge in [0.1, 0.15) is 0 Å². The molecule has 8 nitrogen and oxygen atoms in total. The van der Waals surface area contributed by atoms with Gasteiger partial charge in [-0.1, -0.05) is 36.4 Å². The van der Waals surface area contributed by atoms with Gasteiger partial charge >= 0.3 is 26.2 Å². The highest BCUT2D eigenvalue weighted by atomic mass is 16.7. The van der Waals surface area contributed by atoms with E-state index in [0.29, 0.717) is 22.1 Å². The summed E-state index contributed by atoms with van der Waals surface area (Å²) >= 11 is 0. The standard InChI is InChI=1S/C30H38B2O8/c1-27(2)28(3,4)38-31(37-27)23-15-13-19(17-21(23)25(33)35-9)11-12-20-14-16-24(22(18-20)26(34)36-10)32-39-29(5,6)30(7,8)40-32/h11-18H,1-10H3/b12-11+. The predicted octanol–water partition coefficient (Wildman–Crippen LogP) is 4.03.